The fraction of sp³-hybridized carbons (Fsp3) is 0.167. The maximum Gasteiger partial charge on any atom is 0.264 e. The van der Waals surface area contributed by atoms with Crippen LogP contribution in [0, 0.1) is 0 Å². The summed E-state index contributed by atoms with van der Waals surface area (Å²) < 4.78 is 5.87. The van der Waals surface area contributed by atoms with Crippen LogP contribution in [0.3, 0.4) is 0 Å². The van der Waals surface area contributed by atoms with Crippen LogP contribution in [-0.2, 0) is 11.2 Å². The van der Waals surface area contributed by atoms with E-state index in [1.165, 1.54) is 30.2 Å². The number of furan rings is 1. The molecule has 3 aromatic rings. The van der Waals surface area contributed by atoms with Gasteiger partial charge in [-0.3, -0.25) is 4.79 Å². The lowest BCUT2D eigenvalue weighted by atomic mass is 10.1. The fourth-order valence-corrected chi connectivity index (χ4v) is 4.08. The van der Waals surface area contributed by atoms with Gasteiger partial charge in [0.15, 0.2) is 5.17 Å². The van der Waals surface area contributed by atoms with Gasteiger partial charge in [0.1, 0.15) is 11.5 Å². The van der Waals surface area contributed by atoms with Crippen molar-refractivity contribution in [2.24, 2.45) is 4.99 Å². The Hall–Kier alpha value is -2.76. The summed E-state index contributed by atoms with van der Waals surface area (Å²) in [5.74, 6) is 1.12. The minimum absolute atomic E-state index is 0.181. The molecule has 1 amide bonds. The molecule has 30 heavy (non-hydrogen) atoms. The number of nitrogens with zero attached hydrogens (tertiary/aromatic N) is 1. The third-order valence-electron chi connectivity index (χ3n) is 4.65. The van der Waals surface area contributed by atoms with E-state index in [1.54, 1.807) is 6.08 Å². The first-order chi connectivity index (χ1) is 14.6. The zero-order valence-electron chi connectivity index (χ0n) is 16.5. The number of benzene rings is 2. The van der Waals surface area contributed by atoms with Crippen LogP contribution >= 0.6 is 23.4 Å². The number of unbranched alkanes of at least 4 members (excludes halogenated alkanes) is 1. The van der Waals surface area contributed by atoms with Crippen molar-refractivity contribution in [3.63, 3.8) is 0 Å². The summed E-state index contributed by atoms with van der Waals surface area (Å²) in [5, 5.41) is 4.03. The van der Waals surface area contributed by atoms with E-state index in [9.17, 15) is 4.79 Å². The van der Waals surface area contributed by atoms with Gasteiger partial charge in [0, 0.05) is 16.7 Å². The van der Waals surface area contributed by atoms with Gasteiger partial charge in [0.05, 0.1) is 10.6 Å². The number of carbonyl (C=O) groups is 1. The molecule has 1 aromatic heterocycles. The van der Waals surface area contributed by atoms with Gasteiger partial charge in [-0.1, -0.05) is 49.2 Å². The molecule has 4 nitrogen and oxygen atoms in total. The van der Waals surface area contributed by atoms with Crippen molar-refractivity contribution in [2.75, 3.05) is 0 Å². The summed E-state index contributed by atoms with van der Waals surface area (Å²) in [6, 6.07) is 19.3. The van der Waals surface area contributed by atoms with E-state index in [0.29, 0.717) is 26.6 Å². The number of hydrogen-bond acceptors (Lipinski definition) is 4. The van der Waals surface area contributed by atoms with Crippen LogP contribution in [0.4, 0.5) is 5.69 Å². The van der Waals surface area contributed by atoms with Crippen LogP contribution in [-0.4, -0.2) is 11.1 Å². The second kappa shape index (κ2) is 9.37. The predicted octanol–water partition coefficient (Wildman–Crippen LogP) is 6.83. The second-order valence-electron chi connectivity index (χ2n) is 6.96. The Morgan fingerprint density at radius 1 is 1.13 bits per heavy atom. The molecule has 1 N–H and O–H groups in total. The average molecular weight is 437 g/mol. The number of hydrogen-bond donors (Lipinski definition) is 1. The third kappa shape index (κ3) is 5.04. The van der Waals surface area contributed by atoms with Crippen molar-refractivity contribution < 1.29 is 9.21 Å². The molecule has 0 spiro atoms. The van der Waals surface area contributed by atoms with Crippen LogP contribution in [0.25, 0.3) is 17.4 Å². The highest BCUT2D eigenvalue weighted by atomic mass is 35.5. The molecule has 0 atom stereocenters. The molecule has 0 unspecified atom stereocenters. The molecule has 2 heterocycles. The number of amidine groups is 1. The lowest BCUT2D eigenvalue weighted by Gasteiger charge is -2.01. The maximum absolute atomic E-state index is 12.3. The van der Waals surface area contributed by atoms with Gasteiger partial charge < -0.3 is 9.73 Å². The molecular weight excluding hydrogens is 416 g/mol. The van der Waals surface area contributed by atoms with Gasteiger partial charge in [-0.2, -0.15) is 0 Å². The first-order valence-electron chi connectivity index (χ1n) is 9.85. The summed E-state index contributed by atoms with van der Waals surface area (Å²) in [7, 11) is 0. The molecule has 0 bridgehead atoms. The number of aryl methyl sites for hydroxylation is 1. The Balaban J connectivity index is 1.47. The first-order valence-corrected chi connectivity index (χ1v) is 11.0. The summed E-state index contributed by atoms with van der Waals surface area (Å²) in [5.41, 5.74) is 3.01. The largest absolute Gasteiger partial charge is 0.457 e. The third-order valence-corrected chi connectivity index (χ3v) is 5.79. The van der Waals surface area contributed by atoms with Crippen molar-refractivity contribution in [1.29, 1.82) is 0 Å². The highest BCUT2D eigenvalue weighted by Gasteiger charge is 2.24. The molecule has 1 aliphatic rings. The lowest BCUT2D eigenvalue weighted by molar-refractivity contribution is -0.115. The highest BCUT2D eigenvalue weighted by Crippen LogP contribution is 2.30. The molecule has 0 radical (unpaired) electrons. The molecular formula is C24H21ClN2O2S. The Morgan fingerprint density at radius 3 is 2.73 bits per heavy atom. The minimum atomic E-state index is -0.181. The number of amides is 1. The second-order valence-corrected chi connectivity index (χ2v) is 8.43. The zero-order valence-corrected chi connectivity index (χ0v) is 18.1. The van der Waals surface area contributed by atoms with Gasteiger partial charge >= 0.3 is 0 Å². The van der Waals surface area contributed by atoms with Crippen LogP contribution in [0.2, 0.25) is 5.02 Å². The number of nitrogens with one attached hydrogen (secondary N) is 1. The van der Waals surface area contributed by atoms with E-state index in [1.807, 2.05) is 48.5 Å². The van der Waals surface area contributed by atoms with E-state index in [2.05, 4.69) is 29.4 Å². The lowest BCUT2D eigenvalue weighted by Crippen LogP contribution is -2.19. The maximum atomic E-state index is 12.3. The predicted molar refractivity (Wildman–Crippen MR) is 125 cm³/mol. The monoisotopic (exact) mass is 436 g/mol. The number of aliphatic imine (C=N–C) groups is 1. The summed E-state index contributed by atoms with van der Waals surface area (Å²) in [6.07, 6.45) is 5.16. The van der Waals surface area contributed by atoms with Crippen molar-refractivity contribution in [3.8, 4) is 11.3 Å². The Kier molecular flexibility index (Phi) is 6.41. The van der Waals surface area contributed by atoms with Gasteiger partial charge in [-0.25, -0.2) is 4.99 Å². The van der Waals surface area contributed by atoms with Crippen LogP contribution in [0.1, 0.15) is 31.1 Å². The summed E-state index contributed by atoms with van der Waals surface area (Å²) in [6.45, 7) is 2.19. The molecule has 1 fully saturated rings. The average Bonchev–Trinajstić information content (AvgIpc) is 3.34. The number of rotatable bonds is 6. The van der Waals surface area contributed by atoms with Crippen molar-refractivity contribution in [2.45, 2.75) is 26.2 Å². The van der Waals surface area contributed by atoms with Crippen molar-refractivity contribution in [1.82, 2.24) is 5.32 Å². The van der Waals surface area contributed by atoms with Gasteiger partial charge in [-0.05, 0) is 66.6 Å². The zero-order chi connectivity index (χ0) is 20.9. The van der Waals surface area contributed by atoms with E-state index >= 15 is 0 Å². The smallest absolute Gasteiger partial charge is 0.264 e. The first kappa shape index (κ1) is 20.5. The fourth-order valence-electron chi connectivity index (χ4n) is 3.07. The quantitative estimate of drug-likeness (QED) is 0.430. The SMILES string of the molecule is CCCCc1ccc(N=C2NC(=O)/C(=C\c3ccc(-c4cccc(Cl)c4)o3)S2)cc1. The number of carbonyl (C=O) groups excluding carboxylic acids is 1. The van der Waals surface area contributed by atoms with E-state index in [0.717, 1.165) is 17.7 Å². The van der Waals surface area contributed by atoms with E-state index in [4.69, 9.17) is 16.0 Å². The number of halogens is 1. The Morgan fingerprint density at radius 2 is 1.97 bits per heavy atom. The normalized spacial score (nSPS) is 16.4. The van der Waals surface area contributed by atoms with Crippen LogP contribution < -0.4 is 5.32 Å². The van der Waals surface area contributed by atoms with Crippen molar-refractivity contribution in [3.05, 3.63) is 81.9 Å². The molecule has 0 saturated carbocycles. The van der Waals surface area contributed by atoms with Crippen LogP contribution in [0.15, 0.2) is 75.0 Å². The summed E-state index contributed by atoms with van der Waals surface area (Å²) >= 11 is 7.35. The van der Waals surface area contributed by atoms with Gasteiger partial charge in [-0.15, -0.1) is 0 Å². The topological polar surface area (TPSA) is 54.6 Å². The van der Waals surface area contributed by atoms with E-state index < -0.39 is 0 Å². The molecule has 1 saturated heterocycles. The van der Waals surface area contributed by atoms with E-state index in [-0.39, 0.29) is 5.91 Å². The standard InChI is InChI=1S/C24H21ClN2O2S/c1-2-3-5-16-8-10-19(11-9-16)26-24-27-23(28)22(30-24)15-20-12-13-21(29-20)17-6-4-7-18(25)14-17/h4,6-15H,2-3,5H2,1H3,(H,26,27,28)/b22-15+. The molecule has 152 valence electrons. The highest BCUT2D eigenvalue weighted by molar-refractivity contribution is 8.18. The van der Waals surface area contributed by atoms with Crippen LogP contribution in [0.5, 0.6) is 0 Å². The van der Waals surface area contributed by atoms with Crippen molar-refractivity contribution >= 4 is 46.2 Å². The molecule has 1 aliphatic heterocycles. The summed E-state index contributed by atoms with van der Waals surface area (Å²) in [4.78, 5) is 17.4. The molecule has 2 aromatic carbocycles. The van der Waals surface area contributed by atoms with Gasteiger partial charge in [0.25, 0.3) is 5.91 Å². The molecule has 0 aliphatic carbocycles. The molecule has 4 rings (SSSR count). The number of thioether (sulfide) groups is 1. The van der Waals surface area contributed by atoms with Gasteiger partial charge in [0.2, 0.25) is 0 Å². The minimum Gasteiger partial charge on any atom is -0.457 e. The molecule has 6 heteroatoms. The Labute approximate surface area is 185 Å². The Bertz CT molecular complexity index is 1120.